The number of piperidine rings is 3. The fraction of sp³-hybridized carbons (Fsp3) is 0.750. The van der Waals surface area contributed by atoms with Crippen LogP contribution in [0.2, 0.25) is 0 Å². The predicted octanol–water partition coefficient (Wildman–Crippen LogP) is 5.64. The molecule has 0 aromatic heterocycles. The van der Waals surface area contributed by atoms with Gasteiger partial charge in [-0.05, 0) is 106 Å². The quantitative estimate of drug-likeness (QED) is 0.562. The monoisotopic (exact) mass is 422 g/mol. The van der Waals surface area contributed by atoms with Gasteiger partial charge in [-0.15, -0.1) is 0 Å². The van der Waals surface area contributed by atoms with Crippen LogP contribution in [0, 0.1) is 28.1 Å². The van der Waals surface area contributed by atoms with Crippen LogP contribution in [0.25, 0.3) is 0 Å². The number of hydrogen-bond donors (Lipinski definition) is 1. The van der Waals surface area contributed by atoms with Crippen molar-refractivity contribution < 1.29 is 4.79 Å². The van der Waals surface area contributed by atoms with Crippen LogP contribution >= 0.6 is 0 Å². The number of nitrogens with one attached hydrogen (secondary N) is 1. The van der Waals surface area contributed by atoms with Gasteiger partial charge in [-0.3, -0.25) is 4.79 Å². The first kappa shape index (κ1) is 21.5. The van der Waals surface area contributed by atoms with Crippen molar-refractivity contribution in [3.63, 3.8) is 0 Å². The first-order valence-corrected chi connectivity index (χ1v) is 13.0. The van der Waals surface area contributed by atoms with E-state index in [0.717, 1.165) is 25.8 Å². The van der Waals surface area contributed by atoms with Crippen molar-refractivity contribution in [1.29, 1.82) is 0 Å². The maximum absolute atomic E-state index is 14.0. The lowest BCUT2D eigenvalue weighted by Crippen LogP contribution is -2.64. The summed E-state index contributed by atoms with van der Waals surface area (Å²) in [5.41, 5.74) is 1.54. The molecule has 0 spiro atoms. The molecule has 31 heavy (non-hydrogen) atoms. The third-order valence-corrected chi connectivity index (χ3v) is 10.3. The number of rotatable bonds is 6. The molecular weight excluding hydrogens is 380 g/mol. The molecule has 1 amide bonds. The number of hydrogen-bond acceptors (Lipinski definition) is 2. The fourth-order valence-corrected chi connectivity index (χ4v) is 8.54. The third kappa shape index (κ3) is 3.46. The molecular formula is C28H42N2O. The van der Waals surface area contributed by atoms with E-state index in [9.17, 15) is 4.79 Å². The Morgan fingerprint density at radius 3 is 2.55 bits per heavy atom. The molecule has 5 atom stereocenters. The molecule has 3 nitrogen and oxygen atoms in total. The van der Waals surface area contributed by atoms with Crippen molar-refractivity contribution in [3.8, 4) is 0 Å². The smallest absolute Gasteiger partial charge is 0.226 e. The molecule has 3 heteroatoms. The maximum atomic E-state index is 14.0. The lowest BCUT2D eigenvalue weighted by molar-refractivity contribution is -0.164. The first-order valence-electron chi connectivity index (χ1n) is 13.0. The third-order valence-electron chi connectivity index (χ3n) is 10.3. The molecule has 0 aromatic rings. The van der Waals surface area contributed by atoms with Gasteiger partial charge in [0.05, 0.1) is 5.41 Å². The second-order valence-electron chi connectivity index (χ2n) is 11.7. The Balaban J connectivity index is 1.44. The van der Waals surface area contributed by atoms with Crippen molar-refractivity contribution in [2.24, 2.45) is 28.1 Å². The van der Waals surface area contributed by atoms with Gasteiger partial charge in [-0.25, -0.2) is 0 Å². The molecule has 6 fully saturated rings. The van der Waals surface area contributed by atoms with Crippen LogP contribution in [0.5, 0.6) is 0 Å². The Kier molecular flexibility index (Phi) is 5.48. The van der Waals surface area contributed by atoms with E-state index in [-0.39, 0.29) is 10.8 Å². The zero-order chi connectivity index (χ0) is 21.7. The summed E-state index contributed by atoms with van der Waals surface area (Å²) in [5.74, 6) is 1.78. The van der Waals surface area contributed by atoms with Gasteiger partial charge in [0.1, 0.15) is 0 Å². The first-order chi connectivity index (χ1) is 14.9. The summed E-state index contributed by atoms with van der Waals surface area (Å²) in [4.78, 5) is 16.6. The van der Waals surface area contributed by atoms with Gasteiger partial charge in [0.15, 0.2) is 0 Å². The van der Waals surface area contributed by atoms with Crippen LogP contribution in [0.1, 0.15) is 78.1 Å². The van der Waals surface area contributed by atoms with Gasteiger partial charge in [0.2, 0.25) is 5.91 Å². The highest BCUT2D eigenvalue weighted by atomic mass is 16.2. The number of amides is 1. The number of carbonyl (C=O) groups is 1. The van der Waals surface area contributed by atoms with Crippen LogP contribution in [0.3, 0.4) is 0 Å². The van der Waals surface area contributed by atoms with Crippen molar-refractivity contribution in [2.45, 2.75) is 84.1 Å². The van der Waals surface area contributed by atoms with E-state index in [1.807, 2.05) is 0 Å². The molecule has 6 rings (SSSR count). The molecule has 3 saturated heterocycles. The zero-order valence-electron chi connectivity index (χ0n) is 19.8. The Hall–Kier alpha value is -1.35. The van der Waals surface area contributed by atoms with Crippen LogP contribution in [0.4, 0.5) is 0 Å². The molecule has 1 N–H and O–H groups in total. The van der Waals surface area contributed by atoms with E-state index in [1.165, 1.54) is 63.6 Å². The Morgan fingerprint density at radius 2 is 1.87 bits per heavy atom. The lowest BCUT2D eigenvalue weighted by atomic mass is 9.38. The topological polar surface area (TPSA) is 32.3 Å². The summed E-state index contributed by atoms with van der Waals surface area (Å²) >= 11 is 0. The van der Waals surface area contributed by atoms with E-state index in [0.29, 0.717) is 29.2 Å². The van der Waals surface area contributed by atoms with Crippen LogP contribution in [0.15, 0.2) is 36.5 Å². The van der Waals surface area contributed by atoms with Gasteiger partial charge >= 0.3 is 0 Å². The number of carbonyl (C=O) groups excluding carboxylic acids is 1. The van der Waals surface area contributed by atoms with Gasteiger partial charge in [0, 0.05) is 12.6 Å². The van der Waals surface area contributed by atoms with E-state index in [2.05, 4.69) is 54.9 Å². The molecule has 2 unspecified atom stereocenters. The van der Waals surface area contributed by atoms with Crippen molar-refractivity contribution in [3.05, 3.63) is 36.5 Å². The Morgan fingerprint density at radius 1 is 1.10 bits per heavy atom. The van der Waals surface area contributed by atoms with E-state index in [4.69, 9.17) is 0 Å². The second kappa shape index (κ2) is 7.90. The predicted molar refractivity (Wildman–Crippen MR) is 128 cm³/mol. The normalized spacial score (nSPS) is 46.0. The molecule has 6 aliphatic rings. The molecule has 5 bridgehead atoms. The Labute approximate surface area is 189 Å². The summed E-state index contributed by atoms with van der Waals surface area (Å²) in [6.07, 6.45) is 20.6. The highest BCUT2D eigenvalue weighted by molar-refractivity contribution is 5.84. The minimum absolute atomic E-state index is 0.120. The SMILES string of the molecule is C=C(/C=C\C=C/C)[C@]12CC3(C(=O)N[C@H]4CN5CCC4CC5)CCC1CC[C@@](CC)(C3)C2. The van der Waals surface area contributed by atoms with Gasteiger partial charge in [-0.2, -0.15) is 0 Å². The molecule has 3 saturated carbocycles. The minimum Gasteiger partial charge on any atom is -0.351 e. The molecule has 3 aliphatic carbocycles. The lowest BCUT2D eigenvalue weighted by Gasteiger charge is -2.65. The molecule has 0 radical (unpaired) electrons. The minimum atomic E-state index is -0.186. The fourth-order valence-electron chi connectivity index (χ4n) is 8.54. The van der Waals surface area contributed by atoms with E-state index in [1.54, 1.807) is 0 Å². The Bertz CT molecular complexity index is 791. The average Bonchev–Trinajstić information content (AvgIpc) is 2.78. The van der Waals surface area contributed by atoms with Crippen molar-refractivity contribution in [2.75, 3.05) is 19.6 Å². The highest BCUT2D eigenvalue weighted by Gasteiger charge is 2.64. The van der Waals surface area contributed by atoms with Crippen LogP contribution in [-0.2, 0) is 4.79 Å². The van der Waals surface area contributed by atoms with Gasteiger partial charge in [0.25, 0.3) is 0 Å². The van der Waals surface area contributed by atoms with Crippen LogP contribution < -0.4 is 5.32 Å². The van der Waals surface area contributed by atoms with Gasteiger partial charge < -0.3 is 10.2 Å². The summed E-state index contributed by atoms with van der Waals surface area (Å²) in [6, 6.07) is 0.371. The summed E-state index contributed by atoms with van der Waals surface area (Å²) in [6.45, 7) is 12.6. The number of fused-ring (bicyclic) bond motifs is 5. The standard InChI is InChI=1S/C28H42N2O/c1-4-6-7-8-21(3)28-19-26(5-2)13-9-23(28)10-14-27(18-26,20-28)25(31)29-24-17-30-15-11-22(24)12-16-30/h4,6-8,22-24H,3,5,9-20H2,1-2H3,(H,29,31)/b6-4-,8-7-/t23?,24-,26-,27?,28-/m0/s1. The van der Waals surface area contributed by atoms with Gasteiger partial charge in [-0.1, -0.05) is 44.2 Å². The summed E-state index contributed by atoms with van der Waals surface area (Å²) < 4.78 is 0. The molecule has 170 valence electrons. The number of allylic oxidation sites excluding steroid dienone is 5. The van der Waals surface area contributed by atoms with E-state index >= 15 is 0 Å². The maximum Gasteiger partial charge on any atom is 0.226 e. The molecule has 3 heterocycles. The van der Waals surface area contributed by atoms with Crippen LogP contribution in [-0.4, -0.2) is 36.5 Å². The number of nitrogens with zero attached hydrogens (tertiary/aromatic N) is 1. The van der Waals surface area contributed by atoms with Crippen molar-refractivity contribution in [1.82, 2.24) is 10.2 Å². The van der Waals surface area contributed by atoms with E-state index < -0.39 is 0 Å². The highest BCUT2D eigenvalue weighted by Crippen LogP contribution is 2.71. The summed E-state index contributed by atoms with van der Waals surface area (Å²) in [5, 5.41) is 3.64. The molecule has 0 aromatic carbocycles. The summed E-state index contributed by atoms with van der Waals surface area (Å²) in [7, 11) is 0. The van der Waals surface area contributed by atoms with Crippen molar-refractivity contribution >= 4 is 5.91 Å². The second-order valence-corrected chi connectivity index (χ2v) is 11.7. The zero-order valence-corrected chi connectivity index (χ0v) is 19.8. The molecule has 3 aliphatic heterocycles. The average molecular weight is 423 g/mol. The largest absolute Gasteiger partial charge is 0.351 e.